The van der Waals surface area contributed by atoms with Crippen LogP contribution in [0.1, 0.15) is 51.8 Å². The summed E-state index contributed by atoms with van der Waals surface area (Å²) in [5.41, 5.74) is 1.94. The van der Waals surface area contributed by atoms with Gasteiger partial charge in [-0.1, -0.05) is 71.7 Å². The van der Waals surface area contributed by atoms with E-state index in [0.717, 1.165) is 35.6 Å². The van der Waals surface area contributed by atoms with Crippen LogP contribution in [0.5, 0.6) is 0 Å². The molecule has 0 heterocycles. The van der Waals surface area contributed by atoms with Crippen molar-refractivity contribution in [2.45, 2.75) is 64.8 Å². The second-order valence-electron chi connectivity index (χ2n) is 12.3. The van der Waals surface area contributed by atoms with E-state index in [1.54, 1.807) is 36.4 Å². The second kappa shape index (κ2) is 17.0. The predicted molar refractivity (Wildman–Crippen MR) is 219 cm³/mol. The van der Waals surface area contributed by atoms with Crippen LogP contribution >= 0.6 is 45.6 Å². The summed E-state index contributed by atoms with van der Waals surface area (Å²) >= 11 is 4.62. The van der Waals surface area contributed by atoms with Gasteiger partial charge in [0.25, 0.3) is 10.1 Å². The molecule has 6 aromatic rings. The smallest absolute Gasteiger partial charge is 0.274 e. The van der Waals surface area contributed by atoms with E-state index in [1.165, 1.54) is 56.1 Å². The first kappa shape index (κ1) is 39.3. The number of ketones is 3. The fraction of sp³-hybridized carbons (Fsp3) is 0.0930. The van der Waals surface area contributed by atoms with Crippen molar-refractivity contribution in [2.24, 2.45) is 0 Å². The van der Waals surface area contributed by atoms with Gasteiger partial charge in [0.1, 0.15) is 0 Å². The minimum absolute atomic E-state index is 0.00555. The Balaban J connectivity index is 1.39. The Morgan fingerprint density at radius 3 is 0.778 bits per heavy atom. The van der Waals surface area contributed by atoms with Crippen molar-refractivity contribution in [3.05, 3.63) is 162 Å². The SMILES string of the molecule is CC(=O)c1ccc(Sc2ccc(S(OS(C)(=O)=O)(c3ccc(Sc4ccc(C(C)=O)cc4)cc3)c3ccc(Sc4ccc(C(C)=O)cc4)cc3)cc2)cc1. The van der Waals surface area contributed by atoms with Crippen LogP contribution in [-0.4, -0.2) is 32.0 Å². The van der Waals surface area contributed by atoms with E-state index in [-0.39, 0.29) is 17.3 Å². The molecule has 6 aromatic carbocycles. The minimum Gasteiger partial charge on any atom is -0.295 e. The number of carbonyl (C=O) groups excluding carboxylic acids is 3. The highest BCUT2D eigenvalue weighted by Crippen LogP contribution is 2.70. The largest absolute Gasteiger partial charge is 0.295 e. The van der Waals surface area contributed by atoms with E-state index < -0.39 is 20.4 Å². The predicted octanol–water partition coefficient (Wildman–Crippen LogP) is 11.9. The van der Waals surface area contributed by atoms with Gasteiger partial charge in [-0.15, -0.1) is 0 Å². The van der Waals surface area contributed by atoms with Crippen molar-refractivity contribution < 1.29 is 26.4 Å². The topological polar surface area (TPSA) is 94.6 Å². The molecule has 6 nitrogen and oxygen atoms in total. The molecule has 0 saturated carbocycles. The van der Waals surface area contributed by atoms with E-state index in [9.17, 15) is 22.8 Å². The highest BCUT2D eigenvalue weighted by Gasteiger charge is 2.36. The summed E-state index contributed by atoms with van der Waals surface area (Å²) in [7, 11) is -6.83. The lowest BCUT2D eigenvalue weighted by Gasteiger charge is -2.39. The molecule has 54 heavy (non-hydrogen) atoms. The molecular formula is C43H36O6S5. The molecule has 0 aliphatic carbocycles. The molecule has 0 saturated heterocycles. The highest BCUT2D eigenvalue weighted by molar-refractivity contribution is 8.33. The van der Waals surface area contributed by atoms with Crippen LogP contribution < -0.4 is 0 Å². The monoisotopic (exact) mass is 808 g/mol. The average Bonchev–Trinajstić information content (AvgIpc) is 3.15. The first-order valence-corrected chi connectivity index (χ1v) is 22.5. The van der Waals surface area contributed by atoms with Gasteiger partial charge in [0.2, 0.25) is 0 Å². The lowest BCUT2D eigenvalue weighted by atomic mass is 10.2. The van der Waals surface area contributed by atoms with Crippen LogP contribution in [-0.2, 0) is 13.7 Å². The fourth-order valence-corrected chi connectivity index (χ4v) is 12.7. The minimum atomic E-state index is -4.00. The van der Waals surface area contributed by atoms with Crippen molar-refractivity contribution in [2.75, 3.05) is 6.26 Å². The van der Waals surface area contributed by atoms with Gasteiger partial charge < -0.3 is 0 Å². The van der Waals surface area contributed by atoms with E-state index in [1.807, 2.05) is 109 Å². The van der Waals surface area contributed by atoms with E-state index in [0.29, 0.717) is 31.4 Å². The highest BCUT2D eigenvalue weighted by atomic mass is 32.3. The molecule has 0 amide bonds. The van der Waals surface area contributed by atoms with Crippen LogP contribution in [0.15, 0.2) is 190 Å². The summed E-state index contributed by atoms with van der Waals surface area (Å²) in [5.74, 6) is 0.0166. The van der Waals surface area contributed by atoms with Gasteiger partial charge in [-0.3, -0.25) is 14.4 Å². The molecular weight excluding hydrogens is 773 g/mol. The quantitative estimate of drug-likeness (QED) is 0.0997. The normalized spacial score (nSPS) is 11.9. The van der Waals surface area contributed by atoms with Crippen molar-refractivity contribution in [3.63, 3.8) is 0 Å². The average molecular weight is 809 g/mol. The number of benzene rings is 6. The first-order chi connectivity index (χ1) is 25.8. The van der Waals surface area contributed by atoms with Gasteiger partial charge >= 0.3 is 0 Å². The van der Waals surface area contributed by atoms with Gasteiger partial charge in [0.15, 0.2) is 17.3 Å². The Bertz CT molecular complexity index is 2140. The van der Waals surface area contributed by atoms with Crippen molar-refractivity contribution in [1.82, 2.24) is 0 Å². The Morgan fingerprint density at radius 2 is 0.593 bits per heavy atom. The van der Waals surface area contributed by atoms with Gasteiger partial charge in [0.05, 0.1) is 6.26 Å². The number of hydrogen-bond acceptors (Lipinski definition) is 9. The zero-order valence-corrected chi connectivity index (χ0v) is 33.9. The number of rotatable bonds is 14. The zero-order chi connectivity index (χ0) is 38.5. The summed E-state index contributed by atoms with van der Waals surface area (Å²) in [6, 6.07) is 45.5. The van der Waals surface area contributed by atoms with E-state index in [2.05, 4.69) is 0 Å². The number of Topliss-reactive ketones (excluding diaryl/α,β-unsaturated/α-hetero) is 3. The Kier molecular flexibility index (Phi) is 12.4. The maximum Gasteiger partial charge on any atom is 0.274 e. The maximum atomic E-state index is 13.2. The van der Waals surface area contributed by atoms with Gasteiger partial charge in [-0.25, -0.2) is 3.63 Å². The summed E-state index contributed by atoms with van der Waals surface area (Å²) in [6.07, 6.45) is 1.08. The Morgan fingerprint density at radius 1 is 0.389 bits per heavy atom. The molecule has 0 radical (unpaired) electrons. The molecule has 0 aliphatic rings. The molecule has 0 unspecified atom stereocenters. The summed E-state index contributed by atoms with van der Waals surface area (Å²) < 4.78 is 32.8. The number of hydrogen-bond donors (Lipinski definition) is 0. The van der Waals surface area contributed by atoms with Crippen molar-refractivity contribution in [1.29, 1.82) is 0 Å². The summed E-state index contributed by atoms with van der Waals surface area (Å²) in [4.78, 5) is 43.1. The molecule has 11 heteroatoms. The fourth-order valence-electron chi connectivity index (χ4n) is 5.49. The van der Waals surface area contributed by atoms with E-state index in [4.69, 9.17) is 3.63 Å². The third-order valence-electron chi connectivity index (χ3n) is 8.18. The van der Waals surface area contributed by atoms with Crippen LogP contribution in [0.3, 0.4) is 0 Å². The third kappa shape index (κ3) is 9.65. The zero-order valence-electron chi connectivity index (χ0n) is 29.8. The van der Waals surface area contributed by atoms with Crippen molar-refractivity contribution >= 4 is 73.1 Å². The lowest BCUT2D eigenvalue weighted by molar-refractivity contribution is 0.100. The third-order valence-corrected chi connectivity index (χ3v) is 15.8. The molecule has 0 aromatic heterocycles. The molecule has 0 bridgehead atoms. The Hall–Kier alpha value is -4.36. The lowest BCUT2D eigenvalue weighted by Crippen LogP contribution is -2.13. The molecule has 274 valence electrons. The maximum absolute atomic E-state index is 13.2. The number of carbonyl (C=O) groups is 3. The molecule has 0 fully saturated rings. The van der Waals surface area contributed by atoms with E-state index >= 15 is 0 Å². The van der Waals surface area contributed by atoms with Gasteiger partial charge in [-0.2, -0.15) is 8.42 Å². The Labute approximate surface area is 330 Å². The molecule has 0 N–H and O–H groups in total. The second-order valence-corrected chi connectivity index (χ2v) is 20.2. The van der Waals surface area contributed by atoms with Crippen LogP contribution in [0.25, 0.3) is 0 Å². The molecule has 0 aliphatic heterocycles. The van der Waals surface area contributed by atoms with Gasteiger partial charge in [0, 0.05) is 60.7 Å². The first-order valence-electron chi connectivity index (χ1n) is 16.7. The van der Waals surface area contributed by atoms with Gasteiger partial charge in [-0.05, 0) is 140 Å². The van der Waals surface area contributed by atoms with Crippen LogP contribution in [0, 0.1) is 0 Å². The molecule has 6 rings (SSSR count). The summed E-state index contributed by atoms with van der Waals surface area (Å²) in [6.45, 7) is 4.62. The van der Waals surface area contributed by atoms with Crippen LogP contribution in [0.4, 0.5) is 0 Å². The van der Waals surface area contributed by atoms with Crippen molar-refractivity contribution in [3.8, 4) is 0 Å². The molecule has 0 spiro atoms. The van der Waals surface area contributed by atoms with Crippen LogP contribution in [0.2, 0.25) is 0 Å². The molecule has 0 atom stereocenters. The standard InChI is InChI=1S/C43H36O6S5/c1-29(44)32-5-11-35(12-6-32)50-38-17-23-41(24-18-38)54(49-53(4,47)48,42-25-19-39(20-26-42)51-36-13-7-33(8-14-36)30(2)45)43-27-21-40(22-28-43)52-37-15-9-34(10-16-37)31(3)46/h5-28H,1-4H3. The summed E-state index contributed by atoms with van der Waals surface area (Å²) in [5, 5.41) is 0.